The van der Waals surface area contributed by atoms with Crippen molar-refractivity contribution in [2.24, 2.45) is 0 Å². The zero-order valence-electron chi connectivity index (χ0n) is 12.4. The standard InChI is InChI=1S/C16H16FN5O/c17-14-6-11(7-18)3-4-15(14)22-5-1-2-13(10-22)21-16(23)12-8-19-20-9-12/h3-4,6,8-9,13H,1-2,5,10H2,(H,19,20)(H,21,23)/t13-/m1/s1. The number of piperidine rings is 1. The third-order valence-electron chi connectivity index (χ3n) is 3.93. The first-order chi connectivity index (χ1) is 11.2. The molecule has 6 nitrogen and oxygen atoms in total. The highest BCUT2D eigenvalue weighted by Crippen LogP contribution is 2.24. The molecular formula is C16H16FN5O. The van der Waals surface area contributed by atoms with Gasteiger partial charge in [0.15, 0.2) is 0 Å². The average Bonchev–Trinajstić information content (AvgIpc) is 3.09. The predicted octanol–water partition coefficient (Wildman–Crippen LogP) is 1.82. The number of aromatic nitrogens is 2. The smallest absolute Gasteiger partial charge is 0.254 e. The number of H-pyrrole nitrogens is 1. The zero-order valence-corrected chi connectivity index (χ0v) is 12.4. The van der Waals surface area contributed by atoms with Crippen LogP contribution >= 0.6 is 0 Å². The fraction of sp³-hybridized carbons (Fsp3) is 0.312. The van der Waals surface area contributed by atoms with Gasteiger partial charge in [0.2, 0.25) is 0 Å². The molecule has 1 aliphatic heterocycles. The Morgan fingerprint density at radius 1 is 1.52 bits per heavy atom. The van der Waals surface area contributed by atoms with Gasteiger partial charge in [-0.15, -0.1) is 0 Å². The van der Waals surface area contributed by atoms with E-state index < -0.39 is 5.82 Å². The minimum Gasteiger partial charge on any atom is -0.367 e. The number of hydrogen-bond donors (Lipinski definition) is 2. The number of nitriles is 1. The van der Waals surface area contributed by atoms with E-state index >= 15 is 0 Å². The first-order valence-corrected chi connectivity index (χ1v) is 7.41. The fourth-order valence-electron chi connectivity index (χ4n) is 2.79. The zero-order chi connectivity index (χ0) is 16.2. The summed E-state index contributed by atoms with van der Waals surface area (Å²) in [6.45, 7) is 1.26. The largest absolute Gasteiger partial charge is 0.367 e. The van der Waals surface area contributed by atoms with E-state index in [4.69, 9.17) is 5.26 Å². The minimum atomic E-state index is -0.411. The summed E-state index contributed by atoms with van der Waals surface area (Å²) < 4.78 is 14.1. The van der Waals surface area contributed by atoms with Crippen LogP contribution in [0, 0.1) is 17.1 Å². The normalized spacial score (nSPS) is 17.6. The molecule has 0 unspecified atom stereocenters. The molecule has 0 radical (unpaired) electrons. The van der Waals surface area contributed by atoms with Crippen LogP contribution in [-0.2, 0) is 0 Å². The molecule has 1 aliphatic rings. The van der Waals surface area contributed by atoms with Crippen molar-refractivity contribution in [1.29, 1.82) is 5.26 Å². The van der Waals surface area contributed by atoms with Gasteiger partial charge in [-0.1, -0.05) is 0 Å². The van der Waals surface area contributed by atoms with Crippen molar-refractivity contribution >= 4 is 11.6 Å². The molecule has 1 saturated heterocycles. The van der Waals surface area contributed by atoms with E-state index in [0.717, 1.165) is 19.4 Å². The quantitative estimate of drug-likeness (QED) is 0.905. The second-order valence-corrected chi connectivity index (χ2v) is 5.52. The van der Waals surface area contributed by atoms with Crippen molar-refractivity contribution in [2.45, 2.75) is 18.9 Å². The second-order valence-electron chi connectivity index (χ2n) is 5.52. The van der Waals surface area contributed by atoms with Gasteiger partial charge in [0.1, 0.15) is 5.82 Å². The summed E-state index contributed by atoms with van der Waals surface area (Å²) >= 11 is 0. The molecule has 1 amide bonds. The first kappa shape index (κ1) is 15.0. The Morgan fingerprint density at radius 2 is 2.39 bits per heavy atom. The molecule has 2 heterocycles. The van der Waals surface area contributed by atoms with Crippen molar-refractivity contribution < 1.29 is 9.18 Å². The van der Waals surface area contributed by atoms with Gasteiger partial charge < -0.3 is 10.2 Å². The van der Waals surface area contributed by atoms with Gasteiger partial charge in [0.05, 0.1) is 29.1 Å². The number of anilines is 1. The maximum absolute atomic E-state index is 14.1. The number of rotatable bonds is 3. The third-order valence-corrected chi connectivity index (χ3v) is 3.93. The molecule has 1 aromatic heterocycles. The lowest BCUT2D eigenvalue weighted by Gasteiger charge is -2.34. The minimum absolute atomic E-state index is 0.0545. The molecule has 2 aromatic rings. The summed E-state index contributed by atoms with van der Waals surface area (Å²) in [6, 6.07) is 6.33. The topological polar surface area (TPSA) is 84.8 Å². The number of hydrogen-bond acceptors (Lipinski definition) is 4. The summed E-state index contributed by atoms with van der Waals surface area (Å²) in [6.07, 6.45) is 4.71. The highest BCUT2D eigenvalue weighted by atomic mass is 19.1. The number of benzene rings is 1. The summed E-state index contributed by atoms with van der Waals surface area (Å²) in [5.74, 6) is -0.600. The van der Waals surface area contributed by atoms with Crippen molar-refractivity contribution in [3.05, 3.63) is 47.5 Å². The number of nitrogens with zero attached hydrogens (tertiary/aromatic N) is 3. The second kappa shape index (κ2) is 6.48. The maximum Gasteiger partial charge on any atom is 0.254 e. The lowest BCUT2D eigenvalue weighted by atomic mass is 10.0. The number of halogens is 1. The SMILES string of the molecule is N#Cc1ccc(N2CCC[C@@H](NC(=O)c3cn[nH]c3)C2)c(F)c1. The van der Waals surface area contributed by atoms with Crippen molar-refractivity contribution in [3.8, 4) is 6.07 Å². The van der Waals surface area contributed by atoms with Crippen LogP contribution in [0.4, 0.5) is 10.1 Å². The molecule has 3 rings (SSSR count). The summed E-state index contributed by atoms with van der Waals surface area (Å²) in [5, 5.41) is 18.1. The number of amides is 1. The van der Waals surface area contributed by atoms with E-state index in [1.54, 1.807) is 12.1 Å². The molecule has 0 spiro atoms. The van der Waals surface area contributed by atoms with Crippen LogP contribution in [0.3, 0.4) is 0 Å². The van der Waals surface area contributed by atoms with Gasteiger partial charge in [-0.2, -0.15) is 10.4 Å². The van der Waals surface area contributed by atoms with Crippen molar-refractivity contribution in [1.82, 2.24) is 15.5 Å². The fourth-order valence-corrected chi connectivity index (χ4v) is 2.79. The number of aromatic amines is 1. The van der Waals surface area contributed by atoms with Gasteiger partial charge in [-0.3, -0.25) is 9.89 Å². The molecule has 1 fully saturated rings. The molecule has 1 atom stereocenters. The van der Waals surface area contributed by atoms with E-state index in [0.29, 0.717) is 23.4 Å². The number of nitrogens with one attached hydrogen (secondary N) is 2. The van der Waals surface area contributed by atoms with Gasteiger partial charge in [-0.25, -0.2) is 4.39 Å². The average molecular weight is 313 g/mol. The van der Waals surface area contributed by atoms with Crippen LogP contribution in [0.15, 0.2) is 30.6 Å². The molecule has 2 N–H and O–H groups in total. The summed E-state index contributed by atoms with van der Waals surface area (Å²) in [5.41, 5.74) is 1.24. The maximum atomic E-state index is 14.1. The molecule has 1 aromatic carbocycles. The Hall–Kier alpha value is -2.88. The number of carbonyl (C=O) groups is 1. The lowest BCUT2D eigenvalue weighted by Crippen LogP contribution is -2.48. The molecule has 0 aliphatic carbocycles. The molecule has 0 saturated carbocycles. The van der Waals surface area contributed by atoms with Crippen LogP contribution in [0.5, 0.6) is 0 Å². The molecule has 0 bridgehead atoms. The molecule has 7 heteroatoms. The molecule has 118 valence electrons. The van der Waals surface area contributed by atoms with Gasteiger partial charge in [-0.05, 0) is 31.0 Å². The molecule has 23 heavy (non-hydrogen) atoms. The van der Waals surface area contributed by atoms with E-state index in [1.165, 1.54) is 18.5 Å². The van der Waals surface area contributed by atoms with Crippen LogP contribution in [0.1, 0.15) is 28.8 Å². The highest BCUT2D eigenvalue weighted by Gasteiger charge is 2.24. The van der Waals surface area contributed by atoms with E-state index in [2.05, 4.69) is 15.5 Å². The monoisotopic (exact) mass is 313 g/mol. The lowest BCUT2D eigenvalue weighted by molar-refractivity contribution is 0.0933. The third kappa shape index (κ3) is 3.31. The Bertz CT molecular complexity index is 737. The Kier molecular flexibility index (Phi) is 4.24. The van der Waals surface area contributed by atoms with E-state index in [9.17, 15) is 9.18 Å². The van der Waals surface area contributed by atoms with Crippen molar-refractivity contribution in [2.75, 3.05) is 18.0 Å². The first-order valence-electron chi connectivity index (χ1n) is 7.41. The van der Waals surface area contributed by atoms with Crippen LogP contribution in [-0.4, -0.2) is 35.2 Å². The Morgan fingerprint density at radius 3 is 3.09 bits per heavy atom. The predicted molar refractivity (Wildman–Crippen MR) is 82.4 cm³/mol. The Balaban J connectivity index is 1.69. The summed E-state index contributed by atoms with van der Waals surface area (Å²) in [4.78, 5) is 14.0. The van der Waals surface area contributed by atoms with Crippen molar-refractivity contribution in [3.63, 3.8) is 0 Å². The number of carbonyl (C=O) groups excluding carboxylic acids is 1. The molecular weight excluding hydrogens is 297 g/mol. The van der Waals surface area contributed by atoms with E-state index in [1.807, 2.05) is 11.0 Å². The highest BCUT2D eigenvalue weighted by molar-refractivity contribution is 5.93. The van der Waals surface area contributed by atoms with Crippen LogP contribution in [0.2, 0.25) is 0 Å². The van der Waals surface area contributed by atoms with Gasteiger partial charge in [0.25, 0.3) is 5.91 Å². The van der Waals surface area contributed by atoms with Crippen LogP contribution < -0.4 is 10.2 Å². The van der Waals surface area contributed by atoms with Gasteiger partial charge in [0, 0.05) is 25.3 Å². The summed E-state index contributed by atoms with van der Waals surface area (Å²) in [7, 11) is 0. The Labute approximate surface area is 132 Å². The van der Waals surface area contributed by atoms with Gasteiger partial charge >= 0.3 is 0 Å². The van der Waals surface area contributed by atoms with Crippen LogP contribution in [0.25, 0.3) is 0 Å². The van der Waals surface area contributed by atoms with E-state index in [-0.39, 0.29) is 11.9 Å².